The van der Waals surface area contributed by atoms with E-state index < -0.39 is 11.9 Å². The standard InChI is InChI=1S/C20H17NO4/c1-12(14-7-5-4-6-8-14)18-16-10-9-15(20(24)25-3)11-17(16)21(13(2)22)19(18)23/h4-11H,1-3H3/b18-12-. The zero-order valence-electron chi connectivity index (χ0n) is 14.2. The van der Waals surface area contributed by atoms with Crippen molar-refractivity contribution in [2.24, 2.45) is 0 Å². The zero-order valence-corrected chi connectivity index (χ0v) is 14.2. The summed E-state index contributed by atoms with van der Waals surface area (Å²) in [5.41, 5.74) is 3.48. The number of nitrogens with zero attached hydrogens (tertiary/aromatic N) is 1. The highest BCUT2D eigenvalue weighted by molar-refractivity contribution is 6.43. The second-order valence-electron chi connectivity index (χ2n) is 5.75. The first-order chi connectivity index (χ1) is 12.0. The Bertz CT molecular complexity index is 913. The quantitative estimate of drug-likeness (QED) is 0.624. The predicted octanol–water partition coefficient (Wildman–Crippen LogP) is 3.30. The summed E-state index contributed by atoms with van der Waals surface area (Å²) < 4.78 is 4.72. The molecule has 0 unspecified atom stereocenters. The van der Waals surface area contributed by atoms with Crippen LogP contribution in [0.1, 0.15) is 35.3 Å². The van der Waals surface area contributed by atoms with Gasteiger partial charge in [-0.05, 0) is 30.2 Å². The number of esters is 1. The van der Waals surface area contributed by atoms with Crippen molar-refractivity contribution < 1.29 is 19.1 Å². The lowest BCUT2D eigenvalue weighted by molar-refractivity contribution is -0.122. The van der Waals surface area contributed by atoms with Crippen molar-refractivity contribution in [1.29, 1.82) is 0 Å². The maximum absolute atomic E-state index is 12.9. The van der Waals surface area contributed by atoms with Crippen molar-refractivity contribution in [3.63, 3.8) is 0 Å². The molecule has 5 nitrogen and oxygen atoms in total. The van der Waals surface area contributed by atoms with Gasteiger partial charge in [0, 0.05) is 12.5 Å². The summed E-state index contributed by atoms with van der Waals surface area (Å²) in [4.78, 5) is 37.8. The van der Waals surface area contributed by atoms with E-state index >= 15 is 0 Å². The summed E-state index contributed by atoms with van der Waals surface area (Å²) in [7, 11) is 1.29. The SMILES string of the molecule is COC(=O)c1ccc2c(c1)N(C(C)=O)C(=O)/C2=C(/C)c1ccccc1. The second kappa shape index (κ2) is 6.36. The van der Waals surface area contributed by atoms with Gasteiger partial charge in [-0.2, -0.15) is 0 Å². The summed E-state index contributed by atoms with van der Waals surface area (Å²) in [6, 6.07) is 14.3. The Balaban J connectivity index is 2.24. The van der Waals surface area contributed by atoms with Crippen LogP contribution in [0.4, 0.5) is 5.69 Å². The fraction of sp³-hybridized carbons (Fsp3) is 0.150. The van der Waals surface area contributed by atoms with E-state index in [1.54, 1.807) is 12.1 Å². The van der Waals surface area contributed by atoms with Crippen molar-refractivity contribution in [3.8, 4) is 0 Å². The van der Waals surface area contributed by atoms with E-state index in [0.717, 1.165) is 16.0 Å². The molecular formula is C20H17NO4. The molecule has 0 atom stereocenters. The Morgan fingerprint density at radius 3 is 2.24 bits per heavy atom. The van der Waals surface area contributed by atoms with Crippen molar-refractivity contribution in [2.45, 2.75) is 13.8 Å². The molecule has 0 aliphatic carbocycles. The Kier molecular flexibility index (Phi) is 4.23. The van der Waals surface area contributed by atoms with Crippen LogP contribution in [0.3, 0.4) is 0 Å². The molecule has 1 heterocycles. The number of anilines is 1. The van der Waals surface area contributed by atoms with Crippen molar-refractivity contribution in [2.75, 3.05) is 12.0 Å². The van der Waals surface area contributed by atoms with E-state index in [0.29, 0.717) is 22.4 Å². The van der Waals surface area contributed by atoms with E-state index in [4.69, 9.17) is 4.74 Å². The fourth-order valence-corrected chi connectivity index (χ4v) is 3.02. The van der Waals surface area contributed by atoms with Crippen molar-refractivity contribution in [3.05, 3.63) is 65.2 Å². The first kappa shape index (κ1) is 16.6. The lowest BCUT2D eigenvalue weighted by Crippen LogP contribution is -2.31. The van der Waals surface area contributed by atoms with Gasteiger partial charge in [0.1, 0.15) is 0 Å². The number of allylic oxidation sites excluding steroid dienone is 1. The molecule has 0 bridgehead atoms. The van der Waals surface area contributed by atoms with E-state index in [1.165, 1.54) is 20.1 Å². The Morgan fingerprint density at radius 1 is 0.960 bits per heavy atom. The third-order valence-corrected chi connectivity index (χ3v) is 4.24. The van der Waals surface area contributed by atoms with Crippen molar-refractivity contribution in [1.82, 2.24) is 0 Å². The van der Waals surface area contributed by atoms with Gasteiger partial charge in [-0.3, -0.25) is 9.59 Å². The van der Waals surface area contributed by atoms with Crippen LogP contribution in [-0.2, 0) is 14.3 Å². The number of hydrogen-bond acceptors (Lipinski definition) is 4. The molecule has 0 radical (unpaired) electrons. The summed E-state index contributed by atoms with van der Waals surface area (Å²) in [5.74, 6) is -1.30. The Hall–Kier alpha value is -3.21. The summed E-state index contributed by atoms with van der Waals surface area (Å²) in [6.07, 6.45) is 0. The number of carbonyl (C=O) groups excluding carboxylic acids is 3. The monoisotopic (exact) mass is 335 g/mol. The van der Waals surface area contributed by atoms with E-state index in [-0.39, 0.29) is 5.91 Å². The number of amides is 2. The molecule has 2 aromatic rings. The molecule has 2 aromatic carbocycles. The molecule has 0 saturated carbocycles. The maximum Gasteiger partial charge on any atom is 0.337 e. The minimum absolute atomic E-state index is 0.291. The number of fused-ring (bicyclic) bond motifs is 1. The fourth-order valence-electron chi connectivity index (χ4n) is 3.02. The minimum Gasteiger partial charge on any atom is -0.465 e. The van der Waals surface area contributed by atoms with Crippen LogP contribution < -0.4 is 4.90 Å². The predicted molar refractivity (Wildman–Crippen MR) is 94.9 cm³/mol. The third-order valence-electron chi connectivity index (χ3n) is 4.24. The van der Waals surface area contributed by atoms with Crippen LogP contribution >= 0.6 is 0 Å². The minimum atomic E-state index is -0.518. The highest BCUT2D eigenvalue weighted by atomic mass is 16.5. The molecule has 0 fully saturated rings. The third kappa shape index (κ3) is 2.74. The van der Waals surface area contributed by atoms with Crippen LogP contribution in [0.15, 0.2) is 48.5 Å². The van der Waals surface area contributed by atoms with E-state index in [9.17, 15) is 14.4 Å². The molecule has 0 spiro atoms. The lowest BCUT2D eigenvalue weighted by atomic mass is 9.96. The molecule has 25 heavy (non-hydrogen) atoms. The molecule has 126 valence electrons. The van der Waals surface area contributed by atoms with Gasteiger partial charge >= 0.3 is 5.97 Å². The topological polar surface area (TPSA) is 63.7 Å². The number of methoxy groups -OCH3 is 1. The van der Waals surface area contributed by atoms with Gasteiger partial charge < -0.3 is 4.74 Å². The largest absolute Gasteiger partial charge is 0.465 e. The average Bonchev–Trinajstić information content (AvgIpc) is 2.92. The first-order valence-corrected chi connectivity index (χ1v) is 7.79. The first-order valence-electron chi connectivity index (χ1n) is 7.79. The normalized spacial score (nSPS) is 15.0. The zero-order chi connectivity index (χ0) is 18.1. The highest BCUT2D eigenvalue weighted by Gasteiger charge is 2.37. The Morgan fingerprint density at radius 2 is 1.64 bits per heavy atom. The highest BCUT2D eigenvalue weighted by Crippen LogP contribution is 2.41. The molecule has 1 aliphatic heterocycles. The van der Waals surface area contributed by atoms with E-state index in [1.807, 2.05) is 37.3 Å². The van der Waals surface area contributed by atoms with Gasteiger partial charge in [0.2, 0.25) is 5.91 Å². The smallest absolute Gasteiger partial charge is 0.337 e. The molecular weight excluding hydrogens is 318 g/mol. The summed E-state index contributed by atoms with van der Waals surface area (Å²) in [6.45, 7) is 3.18. The molecule has 0 aromatic heterocycles. The molecule has 5 heteroatoms. The number of carbonyl (C=O) groups is 3. The van der Waals surface area contributed by atoms with E-state index in [2.05, 4.69) is 0 Å². The molecule has 0 saturated heterocycles. The molecule has 1 aliphatic rings. The molecule has 0 N–H and O–H groups in total. The van der Waals surface area contributed by atoms with Crippen LogP contribution in [0.5, 0.6) is 0 Å². The van der Waals surface area contributed by atoms with Crippen molar-refractivity contribution >= 4 is 34.6 Å². The Labute approximate surface area is 145 Å². The number of ether oxygens (including phenoxy) is 1. The van der Waals surface area contributed by atoms with Gasteiger partial charge in [0.15, 0.2) is 0 Å². The number of imide groups is 1. The number of rotatable bonds is 2. The average molecular weight is 335 g/mol. The van der Waals surface area contributed by atoms with Crippen LogP contribution in [0.2, 0.25) is 0 Å². The van der Waals surface area contributed by atoms with Gasteiger partial charge in [0.25, 0.3) is 5.91 Å². The second-order valence-corrected chi connectivity index (χ2v) is 5.75. The van der Waals surface area contributed by atoms with Gasteiger partial charge in [0.05, 0.1) is 23.9 Å². The number of hydrogen-bond donors (Lipinski definition) is 0. The lowest BCUT2D eigenvalue weighted by Gasteiger charge is -2.13. The summed E-state index contributed by atoms with van der Waals surface area (Å²) in [5, 5.41) is 0. The molecule has 2 amide bonds. The van der Waals surface area contributed by atoms with Gasteiger partial charge in [-0.15, -0.1) is 0 Å². The van der Waals surface area contributed by atoms with Gasteiger partial charge in [-0.1, -0.05) is 36.4 Å². The van der Waals surface area contributed by atoms with Crippen LogP contribution in [-0.4, -0.2) is 24.9 Å². The van der Waals surface area contributed by atoms with Gasteiger partial charge in [-0.25, -0.2) is 9.69 Å². The maximum atomic E-state index is 12.9. The summed E-state index contributed by atoms with van der Waals surface area (Å²) >= 11 is 0. The number of benzene rings is 2. The van der Waals surface area contributed by atoms with Crippen LogP contribution in [0.25, 0.3) is 11.1 Å². The molecule has 3 rings (SSSR count). The van der Waals surface area contributed by atoms with Crippen LogP contribution in [0, 0.1) is 0 Å².